The monoisotopic (exact) mass is 434 g/mol. The molecule has 0 aliphatic heterocycles. The largest absolute Gasteiger partial charge is 0.489 e. The maximum absolute atomic E-state index is 6.10. The third-order valence-electron chi connectivity index (χ3n) is 6.54. The van der Waals surface area contributed by atoms with Crippen LogP contribution in [0.1, 0.15) is 80.8 Å². The first-order valence-electron chi connectivity index (χ1n) is 11.8. The maximum atomic E-state index is 6.10. The van der Waals surface area contributed by atoms with Gasteiger partial charge in [-0.1, -0.05) is 24.4 Å². The van der Waals surface area contributed by atoms with E-state index in [0.29, 0.717) is 30.3 Å². The summed E-state index contributed by atoms with van der Waals surface area (Å²) in [4.78, 5) is 17.9. The number of aromatic nitrogens is 5. The van der Waals surface area contributed by atoms with E-state index in [9.17, 15) is 0 Å². The van der Waals surface area contributed by atoms with Crippen molar-refractivity contribution < 1.29 is 9.26 Å². The first-order chi connectivity index (χ1) is 15.8. The number of ether oxygens (including phenoxy) is 1. The summed E-state index contributed by atoms with van der Waals surface area (Å²) in [6.45, 7) is 2.43. The van der Waals surface area contributed by atoms with Gasteiger partial charge in [-0.15, -0.1) is 0 Å². The van der Waals surface area contributed by atoms with E-state index in [1.165, 1.54) is 32.1 Å². The predicted molar refractivity (Wildman–Crippen MR) is 120 cm³/mol. The van der Waals surface area contributed by atoms with Gasteiger partial charge in [-0.3, -0.25) is 0 Å². The van der Waals surface area contributed by atoms with E-state index in [1.54, 1.807) is 12.5 Å². The summed E-state index contributed by atoms with van der Waals surface area (Å²) in [5.41, 5.74) is 2.50. The third-order valence-corrected chi connectivity index (χ3v) is 6.54. The average molecular weight is 435 g/mol. The van der Waals surface area contributed by atoms with Crippen molar-refractivity contribution in [3.8, 4) is 17.2 Å². The lowest BCUT2D eigenvalue weighted by Gasteiger charge is -2.22. The average Bonchev–Trinajstić information content (AvgIpc) is 3.50. The van der Waals surface area contributed by atoms with E-state index in [2.05, 4.69) is 30.4 Å². The molecule has 0 radical (unpaired) electrons. The van der Waals surface area contributed by atoms with Crippen LogP contribution in [0.25, 0.3) is 11.5 Å². The molecule has 1 N–H and O–H groups in total. The Bertz CT molecular complexity index is 1020. The molecule has 0 atom stereocenters. The summed E-state index contributed by atoms with van der Waals surface area (Å²) in [7, 11) is 0. The highest BCUT2D eigenvalue weighted by molar-refractivity contribution is 5.58. The molecule has 5 rings (SSSR count). The highest BCUT2D eigenvalue weighted by Crippen LogP contribution is 2.32. The van der Waals surface area contributed by atoms with E-state index in [4.69, 9.17) is 9.26 Å². The van der Waals surface area contributed by atoms with Crippen molar-refractivity contribution in [3.05, 3.63) is 41.7 Å². The zero-order chi connectivity index (χ0) is 21.8. The molecule has 168 valence electrons. The van der Waals surface area contributed by atoms with E-state index in [1.807, 2.05) is 19.1 Å². The van der Waals surface area contributed by atoms with Crippen LogP contribution in [-0.2, 0) is 6.54 Å². The zero-order valence-electron chi connectivity index (χ0n) is 18.6. The number of anilines is 1. The molecule has 8 nitrogen and oxygen atoms in total. The first kappa shape index (κ1) is 20.8. The summed E-state index contributed by atoms with van der Waals surface area (Å²) in [5.74, 6) is 3.38. The number of hydrogen-bond donors (Lipinski definition) is 1. The van der Waals surface area contributed by atoms with Crippen molar-refractivity contribution in [1.82, 2.24) is 25.1 Å². The second-order valence-electron chi connectivity index (χ2n) is 8.83. The molecule has 0 saturated heterocycles. The van der Waals surface area contributed by atoms with Crippen molar-refractivity contribution in [2.45, 2.75) is 83.3 Å². The summed E-state index contributed by atoms with van der Waals surface area (Å²) < 4.78 is 11.7. The molecular formula is C24H30N6O2. The summed E-state index contributed by atoms with van der Waals surface area (Å²) >= 11 is 0. The fourth-order valence-electron chi connectivity index (χ4n) is 4.70. The van der Waals surface area contributed by atoms with Crippen LogP contribution < -0.4 is 10.1 Å². The molecule has 3 aromatic heterocycles. The van der Waals surface area contributed by atoms with Gasteiger partial charge < -0.3 is 14.6 Å². The van der Waals surface area contributed by atoms with Crippen LogP contribution in [0, 0.1) is 6.92 Å². The number of nitrogens with zero attached hydrogens (tertiary/aromatic N) is 5. The summed E-state index contributed by atoms with van der Waals surface area (Å²) in [6.07, 6.45) is 14.5. The van der Waals surface area contributed by atoms with Crippen LogP contribution in [0.2, 0.25) is 0 Å². The topological polar surface area (TPSA) is 98.9 Å². The van der Waals surface area contributed by atoms with Gasteiger partial charge in [-0.05, 0) is 57.6 Å². The maximum Gasteiger partial charge on any atom is 0.226 e. The van der Waals surface area contributed by atoms with Crippen LogP contribution in [0.3, 0.4) is 0 Å². The highest BCUT2D eigenvalue weighted by Gasteiger charge is 2.21. The van der Waals surface area contributed by atoms with E-state index in [-0.39, 0.29) is 0 Å². The Morgan fingerprint density at radius 2 is 1.81 bits per heavy atom. The van der Waals surface area contributed by atoms with Crippen molar-refractivity contribution in [2.24, 2.45) is 0 Å². The van der Waals surface area contributed by atoms with Gasteiger partial charge in [0, 0.05) is 18.0 Å². The van der Waals surface area contributed by atoms with Gasteiger partial charge in [0.25, 0.3) is 0 Å². The molecule has 0 unspecified atom stereocenters. The smallest absolute Gasteiger partial charge is 0.226 e. The Morgan fingerprint density at radius 1 is 1.00 bits per heavy atom. The number of aryl methyl sites for hydroxylation is 1. The highest BCUT2D eigenvalue weighted by atomic mass is 16.5. The fraction of sp³-hybridized carbons (Fsp3) is 0.542. The molecule has 3 aromatic rings. The minimum absolute atomic E-state index is 0.304. The zero-order valence-corrected chi connectivity index (χ0v) is 18.6. The lowest BCUT2D eigenvalue weighted by molar-refractivity contribution is 0.154. The molecule has 3 heterocycles. The van der Waals surface area contributed by atoms with Crippen molar-refractivity contribution in [2.75, 3.05) is 5.32 Å². The minimum Gasteiger partial charge on any atom is -0.489 e. The molecule has 8 heteroatoms. The lowest BCUT2D eigenvalue weighted by Crippen LogP contribution is -2.19. The van der Waals surface area contributed by atoms with Gasteiger partial charge in [0.05, 0.1) is 18.0 Å². The van der Waals surface area contributed by atoms with Gasteiger partial charge in [-0.2, -0.15) is 4.98 Å². The van der Waals surface area contributed by atoms with Crippen LogP contribution in [0.15, 0.2) is 29.2 Å². The van der Waals surface area contributed by atoms with Gasteiger partial charge in [0.1, 0.15) is 23.6 Å². The lowest BCUT2D eigenvalue weighted by atomic mass is 9.98. The van der Waals surface area contributed by atoms with E-state index < -0.39 is 0 Å². The molecule has 2 aliphatic carbocycles. The molecule has 2 saturated carbocycles. The quantitative estimate of drug-likeness (QED) is 0.541. The summed E-state index contributed by atoms with van der Waals surface area (Å²) in [6, 6.07) is 3.90. The number of pyridine rings is 1. The molecule has 0 amide bonds. The standard InChI is InChI=1S/C24H30N6O2/c1-16-20(14-26-24-28-15-27-23(29-24)17-7-5-6-8-17)22(32-30-16)21-12-11-19(13-25-21)31-18-9-3-2-4-10-18/h11-13,15,17-18H,2-10,14H2,1H3,(H,26,27,28,29). The van der Waals surface area contributed by atoms with Crippen molar-refractivity contribution in [3.63, 3.8) is 0 Å². The molecule has 0 bridgehead atoms. The molecule has 0 aromatic carbocycles. The second kappa shape index (κ2) is 9.63. The Balaban J connectivity index is 1.27. The minimum atomic E-state index is 0.304. The number of rotatable bonds is 7. The third kappa shape index (κ3) is 4.74. The van der Waals surface area contributed by atoms with Crippen LogP contribution >= 0.6 is 0 Å². The van der Waals surface area contributed by atoms with Crippen LogP contribution in [0.5, 0.6) is 5.75 Å². The fourth-order valence-corrected chi connectivity index (χ4v) is 4.70. The van der Waals surface area contributed by atoms with Gasteiger partial charge in [-0.25, -0.2) is 15.0 Å². The van der Waals surface area contributed by atoms with Gasteiger partial charge in [0.15, 0.2) is 5.76 Å². The van der Waals surface area contributed by atoms with Crippen molar-refractivity contribution >= 4 is 5.95 Å². The first-order valence-corrected chi connectivity index (χ1v) is 11.8. The molecule has 2 fully saturated rings. The summed E-state index contributed by atoms with van der Waals surface area (Å²) in [5, 5.41) is 7.48. The predicted octanol–water partition coefficient (Wildman–Crippen LogP) is 5.21. The van der Waals surface area contributed by atoms with Crippen molar-refractivity contribution in [1.29, 1.82) is 0 Å². The Morgan fingerprint density at radius 3 is 2.59 bits per heavy atom. The molecule has 0 spiro atoms. The molecule has 2 aliphatic rings. The van der Waals surface area contributed by atoms with E-state index in [0.717, 1.165) is 54.2 Å². The normalized spacial score (nSPS) is 17.5. The SMILES string of the molecule is Cc1noc(-c2ccc(OC3CCCCC3)cn2)c1CNc1ncnc(C2CCCC2)n1. The van der Waals surface area contributed by atoms with Crippen LogP contribution in [-0.4, -0.2) is 31.2 Å². The molecular weight excluding hydrogens is 404 g/mol. The van der Waals surface area contributed by atoms with Crippen LogP contribution in [0.4, 0.5) is 5.95 Å². The number of hydrogen-bond acceptors (Lipinski definition) is 8. The number of nitrogens with one attached hydrogen (secondary N) is 1. The van der Waals surface area contributed by atoms with E-state index >= 15 is 0 Å². The second-order valence-corrected chi connectivity index (χ2v) is 8.83. The Hall–Kier alpha value is -3.03. The molecule has 32 heavy (non-hydrogen) atoms. The Labute approximate surface area is 188 Å². The Kier molecular flexibility index (Phi) is 6.27. The van der Waals surface area contributed by atoms with Gasteiger partial charge >= 0.3 is 0 Å². The van der Waals surface area contributed by atoms with Gasteiger partial charge in [0.2, 0.25) is 5.95 Å².